The molecule has 1 amide bonds. The molecular formula is C21H30N4O. The van der Waals surface area contributed by atoms with Gasteiger partial charge in [-0.1, -0.05) is 30.3 Å². The van der Waals surface area contributed by atoms with Crippen LogP contribution in [0.15, 0.2) is 42.7 Å². The Bertz CT molecular complexity index is 717. The summed E-state index contributed by atoms with van der Waals surface area (Å²) >= 11 is 0. The Morgan fingerprint density at radius 3 is 2.54 bits per heavy atom. The van der Waals surface area contributed by atoms with Crippen molar-refractivity contribution in [1.82, 2.24) is 19.8 Å². The predicted molar refractivity (Wildman–Crippen MR) is 104 cm³/mol. The minimum Gasteiger partial charge on any atom is -0.348 e. The summed E-state index contributed by atoms with van der Waals surface area (Å²) in [5.74, 6) is 1.11. The van der Waals surface area contributed by atoms with E-state index in [2.05, 4.69) is 31.9 Å². The number of benzene rings is 1. The predicted octanol–water partition coefficient (Wildman–Crippen LogP) is 3.31. The van der Waals surface area contributed by atoms with Crippen LogP contribution in [-0.2, 0) is 11.3 Å². The van der Waals surface area contributed by atoms with Gasteiger partial charge in [0.25, 0.3) is 0 Å². The summed E-state index contributed by atoms with van der Waals surface area (Å²) in [7, 11) is 0. The Balaban J connectivity index is 1.72. The smallest absolute Gasteiger partial charge is 0.240 e. The number of carbonyl (C=O) groups is 1. The Kier molecular flexibility index (Phi) is 5.77. The SMILES string of the molecule is Cc1nccn1CC[C@H](NC(=O)C(C)(C)N1CCCC1)c1ccccc1. The van der Waals surface area contributed by atoms with Gasteiger partial charge in [0, 0.05) is 18.9 Å². The zero-order valence-electron chi connectivity index (χ0n) is 16.1. The van der Waals surface area contributed by atoms with E-state index in [0.29, 0.717) is 0 Å². The van der Waals surface area contributed by atoms with Crippen LogP contribution >= 0.6 is 0 Å². The van der Waals surface area contributed by atoms with E-state index >= 15 is 0 Å². The Morgan fingerprint density at radius 2 is 1.92 bits per heavy atom. The second-order valence-electron chi connectivity index (χ2n) is 7.65. The second-order valence-corrected chi connectivity index (χ2v) is 7.65. The lowest BCUT2D eigenvalue weighted by atomic mass is 9.98. The van der Waals surface area contributed by atoms with Crippen molar-refractivity contribution in [3.63, 3.8) is 0 Å². The van der Waals surface area contributed by atoms with Gasteiger partial charge in [-0.2, -0.15) is 0 Å². The number of imidazole rings is 1. The van der Waals surface area contributed by atoms with Gasteiger partial charge in [-0.3, -0.25) is 9.69 Å². The number of hydrogen-bond donors (Lipinski definition) is 1. The summed E-state index contributed by atoms with van der Waals surface area (Å²) in [6, 6.07) is 10.2. The number of likely N-dealkylation sites (tertiary alicyclic amines) is 1. The van der Waals surface area contributed by atoms with Crippen molar-refractivity contribution < 1.29 is 4.79 Å². The van der Waals surface area contributed by atoms with Crippen LogP contribution in [0.3, 0.4) is 0 Å². The highest BCUT2D eigenvalue weighted by Gasteiger charge is 2.36. The van der Waals surface area contributed by atoms with Crippen molar-refractivity contribution in [2.24, 2.45) is 0 Å². The maximum Gasteiger partial charge on any atom is 0.240 e. The van der Waals surface area contributed by atoms with Crippen LogP contribution in [-0.4, -0.2) is 39.0 Å². The van der Waals surface area contributed by atoms with Crippen LogP contribution in [0.2, 0.25) is 0 Å². The molecule has 1 atom stereocenters. The van der Waals surface area contributed by atoms with Crippen molar-refractivity contribution in [3.05, 3.63) is 54.1 Å². The fourth-order valence-corrected chi connectivity index (χ4v) is 3.67. The first-order chi connectivity index (χ1) is 12.5. The van der Waals surface area contributed by atoms with Gasteiger partial charge >= 0.3 is 0 Å². The summed E-state index contributed by atoms with van der Waals surface area (Å²) in [6.07, 6.45) is 7.01. The molecule has 1 aliphatic rings. The lowest BCUT2D eigenvalue weighted by Gasteiger charge is -2.35. The Hall–Kier alpha value is -2.14. The number of hydrogen-bond acceptors (Lipinski definition) is 3. The second kappa shape index (κ2) is 8.04. The fraction of sp³-hybridized carbons (Fsp3) is 0.524. The topological polar surface area (TPSA) is 50.2 Å². The molecule has 3 rings (SSSR count). The molecule has 26 heavy (non-hydrogen) atoms. The summed E-state index contributed by atoms with van der Waals surface area (Å²) in [6.45, 7) is 8.92. The molecule has 1 aromatic heterocycles. The molecule has 1 aliphatic heterocycles. The van der Waals surface area contributed by atoms with Crippen molar-refractivity contribution in [3.8, 4) is 0 Å². The molecule has 0 aliphatic carbocycles. The summed E-state index contributed by atoms with van der Waals surface area (Å²) in [5.41, 5.74) is 0.671. The number of amides is 1. The van der Waals surface area contributed by atoms with Gasteiger partial charge in [-0.15, -0.1) is 0 Å². The molecule has 2 heterocycles. The lowest BCUT2D eigenvalue weighted by molar-refractivity contribution is -0.132. The first-order valence-corrected chi connectivity index (χ1v) is 9.57. The van der Waals surface area contributed by atoms with Gasteiger partial charge in [0.1, 0.15) is 5.82 Å². The average molecular weight is 354 g/mol. The third-order valence-electron chi connectivity index (χ3n) is 5.54. The van der Waals surface area contributed by atoms with Crippen LogP contribution in [0.5, 0.6) is 0 Å². The molecule has 2 aromatic rings. The van der Waals surface area contributed by atoms with E-state index in [1.807, 2.05) is 51.4 Å². The van der Waals surface area contributed by atoms with Gasteiger partial charge in [-0.05, 0) is 58.7 Å². The van der Waals surface area contributed by atoms with Gasteiger partial charge < -0.3 is 9.88 Å². The van der Waals surface area contributed by atoms with Crippen LogP contribution in [0.1, 0.15) is 50.5 Å². The van der Waals surface area contributed by atoms with E-state index in [0.717, 1.165) is 37.4 Å². The minimum atomic E-state index is -0.478. The zero-order valence-corrected chi connectivity index (χ0v) is 16.1. The molecule has 0 spiro atoms. The highest BCUT2D eigenvalue weighted by molar-refractivity contribution is 5.85. The first kappa shape index (κ1) is 18.6. The van der Waals surface area contributed by atoms with Crippen LogP contribution in [0.25, 0.3) is 0 Å². The van der Waals surface area contributed by atoms with Crippen LogP contribution in [0.4, 0.5) is 0 Å². The maximum atomic E-state index is 13.1. The molecule has 0 radical (unpaired) electrons. The lowest BCUT2D eigenvalue weighted by Crippen LogP contribution is -2.54. The number of carbonyl (C=O) groups excluding carboxylic acids is 1. The van der Waals surface area contributed by atoms with Crippen molar-refractivity contribution in [2.45, 2.75) is 58.2 Å². The van der Waals surface area contributed by atoms with E-state index in [-0.39, 0.29) is 11.9 Å². The van der Waals surface area contributed by atoms with Crippen LogP contribution < -0.4 is 5.32 Å². The van der Waals surface area contributed by atoms with E-state index in [1.54, 1.807) is 0 Å². The average Bonchev–Trinajstić information content (AvgIpc) is 3.31. The van der Waals surface area contributed by atoms with Crippen molar-refractivity contribution in [1.29, 1.82) is 0 Å². The third kappa shape index (κ3) is 4.15. The molecule has 5 nitrogen and oxygen atoms in total. The summed E-state index contributed by atoms with van der Waals surface area (Å²) in [5, 5.41) is 3.32. The van der Waals surface area contributed by atoms with Crippen molar-refractivity contribution in [2.75, 3.05) is 13.1 Å². The highest BCUT2D eigenvalue weighted by Crippen LogP contribution is 2.24. The quantitative estimate of drug-likeness (QED) is 0.830. The molecule has 0 saturated carbocycles. The summed E-state index contributed by atoms with van der Waals surface area (Å²) in [4.78, 5) is 19.7. The number of aromatic nitrogens is 2. The van der Waals surface area contributed by atoms with Gasteiger partial charge in [0.05, 0.1) is 11.6 Å². The molecule has 1 saturated heterocycles. The molecule has 0 bridgehead atoms. The Labute approximate surface area is 156 Å². The molecule has 1 aromatic carbocycles. The van der Waals surface area contributed by atoms with E-state index in [1.165, 1.54) is 12.8 Å². The van der Waals surface area contributed by atoms with Crippen molar-refractivity contribution >= 4 is 5.91 Å². The molecule has 1 fully saturated rings. The van der Waals surface area contributed by atoms with Gasteiger partial charge in [0.2, 0.25) is 5.91 Å². The standard InChI is InChI=1S/C21H30N4O/c1-17-22-12-16-24(17)15-11-19(18-9-5-4-6-10-18)23-20(26)21(2,3)25-13-7-8-14-25/h4-6,9-10,12,16,19H,7-8,11,13-15H2,1-3H3,(H,23,26)/t19-/m0/s1. The third-order valence-corrected chi connectivity index (χ3v) is 5.54. The Morgan fingerprint density at radius 1 is 1.23 bits per heavy atom. The molecule has 140 valence electrons. The minimum absolute atomic E-state index is 0.00706. The van der Waals surface area contributed by atoms with Gasteiger partial charge in [0.15, 0.2) is 0 Å². The highest BCUT2D eigenvalue weighted by atomic mass is 16.2. The normalized spacial score (nSPS) is 16.6. The largest absolute Gasteiger partial charge is 0.348 e. The molecular weight excluding hydrogens is 324 g/mol. The zero-order chi connectivity index (χ0) is 18.6. The molecule has 0 unspecified atom stereocenters. The van der Waals surface area contributed by atoms with Crippen LogP contribution in [0, 0.1) is 6.92 Å². The number of nitrogens with zero attached hydrogens (tertiary/aromatic N) is 3. The maximum absolute atomic E-state index is 13.1. The first-order valence-electron chi connectivity index (χ1n) is 9.57. The molecule has 1 N–H and O–H groups in total. The van der Waals surface area contributed by atoms with E-state index < -0.39 is 5.54 Å². The van der Waals surface area contributed by atoms with E-state index in [4.69, 9.17) is 0 Å². The number of nitrogens with one attached hydrogen (secondary N) is 1. The molecule has 5 heteroatoms. The fourth-order valence-electron chi connectivity index (χ4n) is 3.67. The number of aryl methyl sites for hydroxylation is 2. The number of rotatable bonds is 7. The van der Waals surface area contributed by atoms with E-state index in [9.17, 15) is 4.79 Å². The monoisotopic (exact) mass is 354 g/mol. The summed E-state index contributed by atoms with van der Waals surface area (Å²) < 4.78 is 2.13. The van der Waals surface area contributed by atoms with Gasteiger partial charge in [-0.25, -0.2) is 4.98 Å².